The zero-order valence-electron chi connectivity index (χ0n) is 17.4. The number of pyridine rings is 1. The number of ether oxygens (including phenoxy) is 1. The molecular weight excluding hydrogens is 448 g/mol. The second-order valence-corrected chi connectivity index (χ2v) is 7.63. The molecule has 1 aromatic carbocycles. The Morgan fingerprint density at radius 1 is 1.24 bits per heavy atom. The van der Waals surface area contributed by atoms with Crippen molar-refractivity contribution in [1.29, 1.82) is 0 Å². The predicted molar refractivity (Wildman–Crippen MR) is 120 cm³/mol. The zero-order chi connectivity index (χ0) is 23.2. The molecular formula is C21H18N6O5S. The highest BCUT2D eigenvalue weighted by atomic mass is 32.2. The SMILES string of the molecule is COc1cc([N+](=O)[O-])ccc1NC(=O)CSc1nnc(-c2ccncc2)n1Cc1ccco1. The average molecular weight is 466 g/mol. The third kappa shape index (κ3) is 5.18. The second kappa shape index (κ2) is 9.96. The molecule has 3 aromatic heterocycles. The number of methoxy groups -OCH3 is 1. The molecule has 1 amide bonds. The molecule has 11 nitrogen and oxygen atoms in total. The van der Waals surface area contributed by atoms with Crippen LogP contribution in [0.5, 0.6) is 5.75 Å². The van der Waals surface area contributed by atoms with Gasteiger partial charge in [-0.2, -0.15) is 0 Å². The molecule has 0 aliphatic heterocycles. The van der Waals surface area contributed by atoms with Crippen LogP contribution in [0, 0.1) is 10.1 Å². The summed E-state index contributed by atoms with van der Waals surface area (Å²) in [6.45, 7) is 0.387. The molecule has 0 saturated carbocycles. The lowest BCUT2D eigenvalue weighted by molar-refractivity contribution is -0.384. The number of hydrogen-bond acceptors (Lipinski definition) is 9. The van der Waals surface area contributed by atoms with Crippen LogP contribution < -0.4 is 10.1 Å². The highest BCUT2D eigenvalue weighted by Crippen LogP contribution is 2.30. The molecule has 0 spiro atoms. The highest BCUT2D eigenvalue weighted by Gasteiger charge is 2.18. The molecule has 3 heterocycles. The molecule has 0 unspecified atom stereocenters. The predicted octanol–water partition coefficient (Wildman–Crippen LogP) is 3.63. The van der Waals surface area contributed by atoms with E-state index in [-0.39, 0.29) is 23.1 Å². The van der Waals surface area contributed by atoms with Crippen LogP contribution in [0.3, 0.4) is 0 Å². The maximum Gasteiger partial charge on any atom is 0.273 e. The first-order valence-corrected chi connectivity index (χ1v) is 10.6. The lowest BCUT2D eigenvalue weighted by Gasteiger charge is -2.11. The van der Waals surface area contributed by atoms with Crippen molar-refractivity contribution in [2.75, 3.05) is 18.2 Å². The summed E-state index contributed by atoms with van der Waals surface area (Å²) in [6, 6.07) is 11.3. The molecule has 1 N–H and O–H groups in total. The molecule has 0 saturated heterocycles. The number of thioether (sulfide) groups is 1. The first kappa shape index (κ1) is 22.0. The maximum absolute atomic E-state index is 12.6. The Morgan fingerprint density at radius 3 is 2.76 bits per heavy atom. The van der Waals surface area contributed by atoms with E-state index >= 15 is 0 Å². The first-order valence-electron chi connectivity index (χ1n) is 9.66. The monoisotopic (exact) mass is 466 g/mol. The smallest absolute Gasteiger partial charge is 0.273 e. The van der Waals surface area contributed by atoms with E-state index in [2.05, 4.69) is 20.5 Å². The van der Waals surface area contributed by atoms with Crippen molar-refractivity contribution >= 4 is 29.0 Å². The number of amides is 1. The van der Waals surface area contributed by atoms with Crippen LogP contribution in [-0.2, 0) is 11.3 Å². The van der Waals surface area contributed by atoms with Gasteiger partial charge in [-0.05, 0) is 30.3 Å². The van der Waals surface area contributed by atoms with Crippen LogP contribution >= 0.6 is 11.8 Å². The van der Waals surface area contributed by atoms with E-state index in [0.717, 1.165) is 5.56 Å². The van der Waals surface area contributed by atoms with E-state index in [9.17, 15) is 14.9 Å². The van der Waals surface area contributed by atoms with Crippen molar-refractivity contribution in [3.8, 4) is 17.1 Å². The number of carbonyl (C=O) groups is 1. The fraction of sp³-hybridized carbons (Fsp3) is 0.143. The summed E-state index contributed by atoms with van der Waals surface area (Å²) in [5, 5.41) is 22.7. The number of furan rings is 1. The van der Waals surface area contributed by atoms with E-state index in [0.29, 0.717) is 29.0 Å². The van der Waals surface area contributed by atoms with Crippen LogP contribution in [0.4, 0.5) is 11.4 Å². The van der Waals surface area contributed by atoms with Crippen LogP contribution in [0.15, 0.2) is 70.7 Å². The summed E-state index contributed by atoms with van der Waals surface area (Å²) in [4.78, 5) is 27.0. The Labute approximate surface area is 192 Å². The number of aromatic nitrogens is 4. The van der Waals surface area contributed by atoms with E-state index in [1.165, 1.54) is 37.1 Å². The van der Waals surface area contributed by atoms with Gasteiger partial charge < -0.3 is 14.5 Å². The van der Waals surface area contributed by atoms with Gasteiger partial charge in [0.15, 0.2) is 11.0 Å². The minimum Gasteiger partial charge on any atom is -0.494 e. The minimum absolute atomic E-state index is 0.0345. The molecule has 4 rings (SSSR count). The van der Waals surface area contributed by atoms with Crippen molar-refractivity contribution in [1.82, 2.24) is 19.7 Å². The zero-order valence-corrected chi connectivity index (χ0v) is 18.2. The number of benzene rings is 1. The van der Waals surface area contributed by atoms with Crippen molar-refractivity contribution < 1.29 is 18.9 Å². The van der Waals surface area contributed by atoms with Gasteiger partial charge in [0.1, 0.15) is 11.5 Å². The second-order valence-electron chi connectivity index (χ2n) is 6.69. The van der Waals surface area contributed by atoms with Crippen molar-refractivity contribution in [3.05, 3.63) is 77.0 Å². The van der Waals surface area contributed by atoms with Crippen molar-refractivity contribution in [2.45, 2.75) is 11.7 Å². The summed E-state index contributed by atoms with van der Waals surface area (Å²) in [7, 11) is 1.38. The Hall–Kier alpha value is -4.19. The third-order valence-corrected chi connectivity index (χ3v) is 5.52. The summed E-state index contributed by atoms with van der Waals surface area (Å²) < 4.78 is 12.5. The number of carbonyl (C=O) groups excluding carboxylic acids is 1. The van der Waals surface area contributed by atoms with E-state index in [1.54, 1.807) is 24.7 Å². The molecule has 0 atom stereocenters. The fourth-order valence-electron chi connectivity index (χ4n) is 3.02. The summed E-state index contributed by atoms with van der Waals surface area (Å²) in [6.07, 6.45) is 4.92. The maximum atomic E-state index is 12.6. The van der Waals surface area contributed by atoms with Gasteiger partial charge in [0.05, 0.1) is 42.3 Å². The Balaban J connectivity index is 1.50. The summed E-state index contributed by atoms with van der Waals surface area (Å²) in [5.74, 6) is 1.24. The van der Waals surface area contributed by atoms with E-state index in [1.807, 2.05) is 22.8 Å². The molecule has 0 aliphatic carbocycles. The van der Waals surface area contributed by atoms with Gasteiger partial charge in [0, 0.05) is 24.0 Å². The van der Waals surface area contributed by atoms with Gasteiger partial charge in [-0.15, -0.1) is 10.2 Å². The number of nitrogens with zero attached hydrogens (tertiary/aromatic N) is 5. The van der Waals surface area contributed by atoms with Gasteiger partial charge in [0.2, 0.25) is 5.91 Å². The molecule has 168 valence electrons. The highest BCUT2D eigenvalue weighted by molar-refractivity contribution is 7.99. The third-order valence-electron chi connectivity index (χ3n) is 4.55. The van der Waals surface area contributed by atoms with Gasteiger partial charge >= 0.3 is 0 Å². The number of nitro benzene ring substituents is 1. The van der Waals surface area contributed by atoms with Gasteiger partial charge in [0.25, 0.3) is 5.69 Å². The normalized spacial score (nSPS) is 10.7. The molecule has 4 aromatic rings. The summed E-state index contributed by atoms with van der Waals surface area (Å²) >= 11 is 1.20. The van der Waals surface area contributed by atoms with Crippen LogP contribution in [0.25, 0.3) is 11.4 Å². The van der Waals surface area contributed by atoms with Crippen LogP contribution in [-0.4, -0.2) is 43.4 Å². The van der Waals surface area contributed by atoms with Gasteiger partial charge in [-0.3, -0.25) is 24.5 Å². The molecule has 33 heavy (non-hydrogen) atoms. The van der Waals surface area contributed by atoms with Crippen molar-refractivity contribution in [2.24, 2.45) is 0 Å². The summed E-state index contributed by atoms with van der Waals surface area (Å²) in [5.41, 5.74) is 1.04. The molecule has 0 radical (unpaired) electrons. The fourth-order valence-corrected chi connectivity index (χ4v) is 3.76. The Bertz CT molecular complexity index is 1260. The van der Waals surface area contributed by atoms with Crippen molar-refractivity contribution in [3.63, 3.8) is 0 Å². The lowest BCUT2D eigenvalue weighted by Crippen LogP contribution is -2.15. The van der Waals surface area contributed by atoms with Gasteiger partial charge in [-0.25, -0.2) is 0 Å². The van der Waals surface area contributed by atoms with Crippen LogP contribution in [0.2, 0.25) is 0 Å². The lowest BCUT2D eigenvalue weighted by atomic mass is 10.2. The first-order chi connectivity index (χ1) is 16.0. The average Bonchev–Trinajstić information content (AvgIpc) is 3.49. The molecule has 0 fully saturated rings. The minimum atomic E-state index is -0.532. The number of rotatable bonds is 9. The Morgan fingerprint density at radius 2 is 2.06 bits per heavy atom. The number of non-ortho nitro benzene ring substituents is 1. The van der Waals surface area contributed by atoms with E-state index in [4.69, 9.17) is 9.15 Å². The molecule has 0 bridgehead atoms. The largest absolute Gasteiger partial charge is 0.494 e. The van der Waals surface area contributed by atoms with E-state index < -0.39 is 4.92 Å². The molecule has 0 aliphatic rings. The van der Waals surface area contributed by atoms with Crippen LogP contribution in [0.1, 0.15) is 5.76 Å². The number of hydrogen-bond donors (Lipinski definition) is 1. The Kier molecular flexibility index (Phi) is 6.64. The van der Waals surface area contributed by atoms with Gasteiger partial charge in [-0.1, -0.05) is 11.8 Å². The standard InChI is InChI=1S/C21H18N6O5S/c1-31-18-11-15(27(29)30)4-5-17(18)23-19(28)13-33-21-25-24-20(14-6-8-22-9-7-14)26(21)12-16-3-2-10-32-16/h2-11H,12-13H2,1H3,(H,23,28). The topological polar surface area (TPSA) is 138 Å². The quantitative estimate of drug-likeness (QED) is 0.222. The molecule has 12 heteroatoms. The number of nitro groups is 1. The number of anilines is 1. The number of nitrogens with one attached hydrogen (secondary N) is 1.